The highest BCUT2D eigenvalue weighted by molar-refractivity contribution is 6.33. The lowest BCUT2D eigenvalue weighted by atomic mass is 10.1. The topological polar surface area (TPSA) is 38.1 Å². The van der Waals surface area contributed by atoms with Crippen LogP contribution in [-0.2, 0) is 11.3 Å². The third-order valence-corrected chi connectivity index (χ3v) is 6.79. The standard InChI is InChI=1S/C28H22ClN3O/c29-23-9-3-5-11-25(23)31-18-22(16-27(31)33)28-30-24-10-4-6-12-26(24)32(28)17-19-13-14-20-7-1-2-8-21(20)15-19/h1-15,22H,16-18H2. The van der Waals surface area contributed by atoms with Crippen molar-refractivity contribution in [3.63, 3.8) is 0 Å². The van der Waals surface area contributed by atoms with Crippen LogP contribution in [0.3, 0.4) is 0 Å². The lowest BCUT2D eigenvalue weighted by Crippen LogP contribution is -2.24. The van der Waals surface area contributed by atoms with Crippen molar-refractivity contribution in [2.24, 2.45) is 0 Å². The molecule has 5 aromatic rings. The summed E-state index contributed by atoms with van der Waals surface area (Å²) in [5.74, 6) is 1.03. The Morgan fingerprint density at radius 1 is 0.879 bits per heavy atom. The first-order chi connectivity index (χ1) is 16.2. The maximum absolute atomic E-state index is 13.0. The molecule has 1 unspecified atom stereocenters. The lowest BCUT2D eigenvalue weighted by Gasteiger charge is -2.18. The second-order valence-electron chi connectivity index (χ2n) is 8.58. The predicted octanol–water partition coefficient (Wildman–Crippen LogP) is 6.41. The van der Waals surface area contributed by atoms with E-state index in [1.165, 1.54) is 16.3 Å². The van der Waals surface area contributed by atoms with E-state index in [0.717, 1.165) is 22.5 Å². The summed E-state index contributed by atoms with van der Waals surface area (Å²) in [7, 11) is 0. The molecule has 0 spiro atoms. The van der Waals surface area contributed by atoms with E-state index < -0.39 is 0 Å². The summed E-state index contributed by atoms with van der Waals surface area (Å²) in [5.41, 5.74) is 4.02. The molecule has 4 nitrogen and oxygen atoms in total. The molecule has 1 atom stereocenters. The number of aromatic nitrogens is 2. The highest BCUT2D eigenvalue weighted by Gasteiger charge is 2.35. The molecular formula is C28H22ClN3O. The van der Waals surface area contributed by atoms with Crippen molar-refractivity contribution in [1.82, 2.24) is 9.55 Å². The van der Waals surface area contributed by atoms with E-state index in [9.17, 15) is 4.79 Å². The average molecular weight is 452 g/mol. The second kappa shape index (κ2) is 8.05. The highest BCUT2D eigenvalue weighted by atomic mass is 35.5. The van der Waals surface area contributed by atoms with E-state index >= 15 is 0 Å². The molecule has 0 saturated carbocycles. The number of imidazole rings is 1. The number of hydrogen-bond donors (Lipinski definition) is 0. The number of amides is 1. The first kappa shape index (κ1) is 20.0. The maximum Gasteiger partial charge on any atom is 0.227 e. The summed E-state index contributed by atoms with van der Waals surface area (Å²) in [5, 5.41) is 3.05. The van der Waals surface area contributed by atoms with Gasteiger partial charge in [0.2, 0.25) is 5.91 Å². The van der Waals surface area contributed by atoms with Gasteiger partial charge in [0.05, 0.1) is 21.7 Å². The SMILES string of the molecule is O=C1CC(c2nc3ccccc3n2Cc2ccc3ccccc3c2)CN1c1ccccc1Cl. The number of benzene rings is 4. The fourth-order valence-electron chi connectivity index (χ4n) is 4.88. The van der Waals surface area contributed by atoms with Crippen LogP contribution in [0.1, 0.15) is 23.7 Å². The number of anilines is 1. The Bertz CT molecular complexity index is 1510. The van der Waals surface area contributed by atoms with E-state index in [-0.39, 0.29) is 11.8 Å². The molecule has 2 heterocycles. The molecule has 162 valence electrons. The zero-order chi connectivity index (χ0) is 22.4. The summed E-state index contributed by atoms with van der Waals surface area (Å²) in [6.07, 6.45) is 0.423. The van der Waals surface area contributed by atoms with Gasteiger partial charge in [-0.1, -0.05) is 72.3 Å². The smallest absolute Gasteiger partial charge is 0.227 e. The van der Waals surface area contributed by atoms with Gasteiger partial charge in [0.1, 0.15) is 5.82 Å². The van der Waals surface area contributed by atoms with Crippen LogP contribution >= 0.6 is 11.6 Å². The Labute approximate surface area is 197 Å². The largest absolute Gasteiger partial charge is 0.323 e. The summed E-state index contributed by atoms with van der Waals surface area (Å²) in [6.45, 7) is 1.28. The van der Waals surface area contributed by atoms with Crippen molar-refractivity contribution in [3.05, 3.63) is 107 Å². The number of carbonyl (C=O) groups excluding carboxylic acids is 1. The number of fused-ring (bicyclic) bond motifs is 2. The number of hydrogen-bond acceptors (Lipinski definition) is 2. The van der Waals surface area contributed by atoms with Gasteiger partial charge in [0.15, 0.2) is 0 Å². The molecule has 1 aliphatic rings. The van der Waals surface area contributed by atoms with Gasteiger partial charge in [-0.15, -0.1) is 0 Å². The molecule has 4 aromatic carbocycles. The molecule has 6 rings (SSSR count). The number of carbonyl (C=O) groups is 1. The van der Waals surface area contributed by atoms with E-state index in [4.69, 9.17) is 16.6 Å². The van der Waals surface area contributed by atoms with Crippen LogP contribution in [0, 0.1) is 0 Å². The van der Waals surface area contributed by atoms with E-state index in [1.807, 2.05) is 42.5 Å². The van der Waals surface area contributed by atoms with Crippen LogP contribution in [0.2, 0.25) is 5.02 Å². The number of halogens is 1. The van der Waals surface area contributed by atoms with Crippen molar-refractivity contribution in [2.75, 3.05) is 11.4 Å². The molecule has 1 aliphatic heterocycles. The second-order valence-corrected chi connectivity index (χ2v) is 8.99. The van der Waals surface area contributed by atoms with Crippen LogP contribution in [0.25, 0.3) is 21.8 Å². The highest BCUT2D eigenvalue weighted by Crippen LogP contribution is 2.36. The Kier molecular flexibility index (Phi) is 4.88. The van der Waals surface area contributed by atoms with Crippen LogP contribution in [0.15, 0.2) is 91.0 Å². The molecule has 0 aliphatic carbocycles. The predicted molar refractivity (Wildman–Crippen MR) is 134 cm³/mol. The zero-order valence-electron chi connectivity index (χ0n) is 18.0. The van der Waals surface area contributed by atoms with Gasteiger partial charge in [-0.05, 0) is 46.7 Å². The quantitative estimate of drug-likeness (QED) is 0.316. The van der Waals surface area contributed by atoms with Crippen molar-refractivity contribution in [3.8, 4) is 0 Å². The Morgan fingerprint density at radius 2 is 1.64 bits per heavy atom. The van der Waals surface area contributed by atoms with Gasteiger partial charge in [-0.25, -0.2) is 4.98 Å². The van der Waals surface area contributed by atoms with E-state index in [1.54, 1.807) is 4.90 Å². The van der Waals surface area contributed by atoms with Crippen molar-refractivity contribution in [2.45, 2.75) is 18.9 Å². The van der Waals surface area contributed by atoms with Crippen molar-refractivity contribution in [1.29, 1.82) is 0 Å². The van der Waals surface area contributed by atoms with Gasteiger partial charge in [0.25, 0.3) is 0 Å². The molecule has 1 saturated heterocycles. The Balaban J connectivity index is 1.40. The molecular weight excluding hydrogens is 430 g/mol. The molecule has 0 N–H and O–H groups in total. The van der Waals surface area contributed by atoms with Gasteiger partial charge in [0, 0.05) is 25.4 Å². The average Bonchev–Trinajstić information content (AvgIpc) is 3.40. The molecule has 1 aromatic heterocycles. The fourth-order valence-corrected chi connectivity index (χ4v) is 5.11. The van der Waals surface area contributed by atoms with Gasteiger partial charge < -0.3 is 9.47 Å². The molecule has 1 fully saturated rings. The van der Waals surface area contributed by atoms with Gasteiger partial charge >= 0.3 is 0 Å². The molecule has 33 heavy (non-hydrogen) atoms. The maximum atomic E-state index is 13.0. The third kappa shape index (κ3) is 3.57. The number of para-hydroxylation sites is 3. The fraction of sp³-hybridized carbons (Fsp3) is 0.143. The summed E-state index contributed by atoms with van der Waals surface area (Å²) < 4.78 is 2.27. The normalized spacial score (nSPS) is 16.2. The number of nitrogens with zero attached hydrogens (tertiary/aromatic N) is 3. The summed E-state index contributed by atoms with van der Waals surface area (Å²) >= 11 is 6.40. The molecule has 1 amide bonds. The van der Waals surface area contributed by atoms with Crippen LogP contribution in [0.4, 0.5) is 5.69 Å². The third-order valence-electron chi connectivity index (χ3n) is 6.47. The summed E-state index contributed by atoms with van der Waals surface area (Å²) in [6, 6.07) is 30.7. The zero-order valence-corrected chi connectivity index (χ0v) is 18.7. The Hall–Kier alpha value is -3.63. The monoisotopic (exact) mass is 451 g/mol. The summed E-state index contributed by atoms with van der Waals surface area (Å²) in [4.78, 5) is 19.8. The lowest BCUT2D eigenvalue weighted by molar-refractivity contribution is -0.117. The number of rotatable bonds is 4. The van der Waals surface area contributed by atoms with Crippen LogP contribution in [0.5, 0.6) is 0 Å². The van der Waals surface area contributed by atoms with Gasteiger partial charge in [-0.3, -0.25) is 4.79 Å². The molecule has 5 heteroatoms. The first-order valence-corrected chi connectivity index (χ1v) is 11.5. The minimum absolute atomic E-state index is 0.00151. The van der Waals surface area contributed by atoms with Crippen LogP contribution in [-0.4, -0.2) is 22.0 Å². The molecule has 0 bridgehead atoms. The van der Waals surface area contributed by atoms with Crippen molar-refractivity contribution < 1.29 is 4.79 Å². The van der Waals surface area contributed by atoms with E-state index in [2.05, 4.69) is 53.1 Å². The van der Waals surface area contributed by atoms with E-state index in [0.29, 0.717) is 24.5 Å². The van der Waals surface area contributed by atoms with Crippen molar-refractivity contribution >= 4 is 45.0 Å². The molecule has 0 radical (unpaired) electrons. The first-order valence-electron chi connectivity index (χ1n) is 11.1. The Morgan fingerprint density at radius 3 is 2.52 bits per heavy atom. The minimum Gasteiger partial charge on any atom is -0.323 e. The van der Waals surface area contributed by atoms with Gasteiger partial charge in [-0.2, -0.15) is 0 Å². The minimum atomic E-state index is 0.00151. The van der Waals surface area contributed by atoms with Crippen LogP contribution < -0.4 is 4.90 Å².